The summed E-state index contributed by atoms with van der Waals surface area (Å²) in [7, 11) is 0. The summed E-state index contributed by atoms with van der Waals surface area (Å²) in [4.78, 5) is 75.6. The van der Waals surface area contributed by atoms with Gasteiger partial charge in [-0.1, -0.05) is 76.8 Å². The lowest BCUT2D eigenvalue weighted by atomic mass is 10.0. The predicted molar refractivity (Wildman–Crippen MR) is 164 cm³/mol. The van der Waals surface area contributed by atoms with Gasteiger partial charge in [0.05, 0.1) is 6.61 Å². The van der Waals surface area contributed by atoms with Crippen molar-refractivity contribution in [1.29, 1.82) is 0 Å². The molecule has 1 aromatic rings. The molecule has 1 aromatic carbocycles. The number of aliphatic hydroxyl groups excluding tert-OH is 1. The fourth-order valence-electron chi connectivity index (χ4n) is 4.34. The Labute approximate surface area is 259 Å². The topological polar surface area (TPSA) is 206 Å². The van der Waals surface area contributed by atoms with Gasteiger partial charge in [-0.2, -0.15) is 0 Å². The first-order valence-corrected chi connectivity index (χ1v) is 15.2. The van der Waals surface area contributed by atoms with Crippen molar-refractivity contribution in [3.8, 4) is 0 Å². The lowest BCUT2D eigenvalue weighted by Gasteiger charge is -2.26. The van der Waals surface area contributed by atoms with Gasteiger partial charge in [0.1, 0.15) is 30.8 Å². The molecule has 0 fully saturated rings. The third-order valence-corrected chi connectivity index (χ3v) is 6.69. The average Bonchev–Trinajstić information content (AvgIpc) is 2.97. The first-order chi connectivity index (χ1) is 20.9. The Hall–Kier alpha value is -4.00. The van der Waals surface area contributed by atoms with Crippen LogP contribution in [0.1, 0.15) is 78.2 Å². The van der Waals surface area contributed by atoms with Crippen LogP contribution in [0.5, 0.6) is 0 Å². The van der Waals surface area contributed by atoms with E-state index >= 15 is 0 Å². The number of primary amides is 1. The van der Waals surface area contributed by atoms with E-state index in [1.54, 1.807) is 30.3 Å². The molecule has 44 heavy (non-hydrogen) atoms. The van der Waals surface area contributed by atoms with Gasteiger partial charge in [-0.3, -0.25) is 28.8 Å². The SMILES string of the molecule is CCCCCCCC(=O)OC[C@H](NC(=O)[C@H](CO)NC(C)=O)C(=O)N[C@@H](Cc1ccccc1)C(=O)N[C@@H](CC(C)C)C(N)=O. The van der Waals surface area contributed by atoms with E-state index in [1.165, 1.54) is 0 Å². The van der Waals surface area contributed by atoms with Gasteiger partial charge in [-0.05, 0) is 24.3 Å². The molecular weight excluding hydrogens is 570 g/mol. The number of hydrogen-bond acceptors (Lipinski definition) is 8. The van der Waals surface area contributed by atoms with Crippen LogP contribution in [-0.2, 0) is 39.9 Å². The standard InChI is InChI=1S/C31H49N5O8/c1-5-6-7-8-12-15-27(39)44-19-26(36-30(42)25(18-37)33-21(4)38)31(43)35-24(17-22-13-10-9-11-14-22)29(41)34-23(28(32)40)16-20(2)3/h9-11,13-14,20,23-26,37H,5-8,12,15-19H2,1-4H3,(H2,32,40)(H,33,38)(H,34,41)(H,35,43)(H,36,42)/t23-,24-,25-,26-/m0/s1. The van der Waals surface area contributed by atoms with E-state index < -0.39 is 72.9 Å². The Bertz CT molecular complexity index is 1080. The quantitative estimate of drug-likeness (QED) is 0.0847. The molecule has 0 radical (unpaired) electrons. The van der Waals surface area contributed by atoms with Crippen molar-refractivity contribution in [2.75, 3.05) is 13.2 Å². The summed E-state index contributed by atoms with van der Waals surface area (Å²) in [5.74, 6) is -4.26. The van der Waals surface area contributed by atoms with Crippen LogP contribution in [0.15, 0.2) is 30.3 Å². The molecule has 0 heterocycles. The first-order valence-electron chi connectivity index (χ1n) is 15.2. The normalized spacial score (nSPS) is 13.6. The molecule has 0 aromatic heterocycles. The molecule has 0 spiro atoms. The monoisotopic (exact) mass is 619 g/mol. The van der Waals surface area contributed by atoms with E-state index in [0.29, 0.717) is 12.0 Å². The number of rotatable bonds is 21. The number of amides is 5. The first kappa shape index (κ1) is 38.0. The van der Waals surface area contributed by atoms with Crippen LogP contribution >= 0.6 is 0 Å². The van der Waals surface area contributed by atoms with Crippen LogP contribution in [0.2, 0.25) is 0 Å². The Kier molecular flexibility index (Phi) is 18.0. The van der Waals surface area contributed by atoms with Crippen LogP contribution in [0.3, 0.4) is 0 Å². The van der Waals surface area contributed by atoms with Crippen LogP contribution in [-0.4, -0.2) is 78.0 Å². The molecule has 7 N–H and O–H groups in total. The lowest BCUT2D eigenvalue weighted by molar-refractivity contribution is -0.147. The molecule has 0 saturated heterocycles. The highest BCUT2D eigenvalue weighted by molar-refractivity contribution is 5.95. The largest absolute Gasteiger partial charge is 0.463 e. The highest BCUT2D eigenvalue weighted by Gasteiger charge is 2.32. The average molecular weight is 620 g/mol. The summed E-state index contributed by atoms with van der Waals surface area (Å²) in [6.45, 7) is 5.67. The Morgan fingerprint density at radius 3 is 1.93 bits per heavy atom. The number of aliphatic hydroxyl groups is 1. The smallest absolute Gasteiger partial charge is 0.305 e. The summed E-state index contributed by atoms with van der Waals surface area (Å²) < 4.78 is 5.30. The van der Waals surface area contributed by atoms with Gasteiger partial charge in [0.25, 0.3) is 0 Å². The summed E-state index contributed by atoms with van der Waals surface area (Å²) in [5, 5.41) is 19.5. The summed E-state index contributed by atoms with van der Waals surface area (Å²) in [6.07, 6.45) is 4.99. The molecule has 0 saturated carbocycles. The minimum Gasteiger partial charge on any atom is -0.463 e. The van der Waals surface area contributed by atoms with Crippen molar-refractivity contribution in [3.05, 3.63) is 35.9 Å². The van der Waals surface area contributed by atoms with Gasteiger partial charge >= 0.3 is 5.97 Å². The van der Waals surface area contributed by atoms with Gasteiger partial charge in [0.2, 0.25) is 29.5 Å². The lowest BCUT2D eigenvalue weighted by Crippen LogP contribution is -2.60. The third-order valence-electron chi connectivity index (χ3n) is 6.69. The zero-order valence-corrected chi connectivity index (χ0v) is 26.2. The molecule has 246 valence electrons. The molecule has 13 heteroatoms. The molecule has 0 bridgehead atoms. The van der Waals surface area contributed by atoms with E-state index in [2.05, 4.69) is 28.2 Å². The highest BCUT2D eigenvalue weighted by atomic mass is 16.5. The van der Waals surface area contributed by atoms with E-state index in [9.17, 15) is 33.9 Å². The summed E-state index contributed by atoms with van der Waals surface area (Å²) in [6, 6.07) is 3.82. The van der Waals surface area contributed by atoms with Crippen molar-refractivity contribution < 1.29 is 38.6 Å². The fraction of sp³-hybridized carbons (Fsp3) is 0.613. The maximum Gasteiger partial charge on any atom is 0.305 e. The highest BCUT2D eigenvalue weighted by Crippen LogP contribution is 2.09. The van der Waals surface area contributed by atoms with Crippen molar-refractivity contribution >= 4 is 35.5 Å². The number of hydrogen-bond donors (Lipinski definition) is 6. The Balaban J connectivity index is 3.17. The maximum absolute atomic E-state index is 13.5. The van der Waals surface area contributed by atoms with Gasteiger partial charge < -0.3 is 36.8 Å². The van der Waals surface area contributed by atoms with E-state index in [-0.39, 0.29) is 25.2 Å². The minimum atomic E-state index is -1.47. The molecule has 0 aliphatic carbocycles. The molecule has 0 aliphatic heterocycles. The molecule has 0 aliphatic rings. The van der Waals surface area contributed by atoms with Crippen molar-refractivity contribution in [3.63, 3.8) is 0 Å². The zero-order chi connectivity index (χ0) is 33.1. The van der Waals surface area contributed by atoms with E-state index in [1.807, 2.05) is 13.8 Å². The van der Waals surface area contributed by atoms with Crippen molar-refractivity contribution in [2.24, 2.45) is 11.7 Å². The molecular formula is C31H49N5O8. The number of esters is 1. The van der Waals surface area contributed by atoms with Gasteiger partial charge in [0, 0.05) is 19.8 Å². The number of ether oxygens (including phenoxy) is 1. The van der Waals surface area contributed by atoms with Crippen molar-refractivity contribution in [1.82, 2.24) is 21.3 Å². The number of carbonyl (C=O) groups is 6. The fourth-order valence-corrected chi connectivity index (χ4v) is 4.34. The number of benzene rings is 1. The Morgan fingerprint density at radius 2 is 1.36 bits per heavy atom. The number of unbranched alkanes of at least 4 members (excludes halogenated alkanes) is 4. The second kappa shape index (κ2) is 20.8. The molecule has 5 amide bonds. The van der Waals surface area contributed by atoms with Crippen LogP contribution in [0, 0.1) is 5.92 Å². The van der Waals surface area contributed by atoms with Gasteiger partial charge in [-0.25, -0.2) is 0 Å². The maximum atomic E-state index is 13.5. The predicted octanol–water partition coefficient (Wildman–Crippen LogP) is 0.616. The van der Waals surface area contributed by atoms with Crippen LogP contribution in [0.25, 0.3) is 0 Å². The molecule has 1 rings (SSSR count). The second-order valence-corrected chi connectivity index (χ2v) is 11.2. The van der Waals surface area contributed by atoms with E-state index in [0.717, 1.165) is 32.6 Å². The third kappa shape index (κ3) is 15.5. The summed E-state index contributed by atoms with van der Waals surface area (Å²) in [5.41, 5.74) is 6.21. The van der Waals surface area contributed by atoms with E-state index in [4.69, 9.17) is 10.5 Å². The Morgan fingerprint density at radius 1 is 0.795 bits per heavy atom. The summed E-state index contributed by atoms with van der Waals surface area (Å²) >= 11 is 0. The molecule has 13 nitrogen and oxygen atoms in total. The molecule has 4 atom stereocenters. The number of nitrogens with one attached hydrogen (secondary N) is 4. The van der Waals surface area contributed by atoms with Gasteiger partial charge in [-0.15, -0.1) is 0 Å². The minimum absolute atomic E-state index is 0.0367. The van der Waals surface area contributed by atoms with Gasteiger partial charge in [0.15, 0.2) is 0 Å². The zero-order valence-electron chi connectivity index (χ0n) is 26.2. The van der Waals surface area contributed by atoms with Crippen LogP contribution < -0.4 is 27.0 Å². The number of nitrogens with two attached hydrogens (primary N) is 1. The van der Waals surface area contributed by atoms with Crippen molar-refractivity contribution in [2.45, 2.75) is 103 Å². The second-order valence-electron chi connectivity index (χ2n) is 11.2. The number of carbonyl (C=O) groups excluding carboxylic acids is 6. The molecule has 0 unspecified atom stereocenters. The van der Waals surface area contributed by atoms with Crippen LogP contribution in [0.4, 0.5) is 0 Å².